The molecule has 146 valence electrons. The lowest BCUT2D eigenvalue weighted by Crippen LogP contribution is -2.54. The molecule has 0 aromatic carbocycles. The second-order valence-electron chi connectivity index (χ2n) is 7.77. The number of nitrogens with zero attached hydrogens (tertiary/aromatic N) is 3. The van der Waals surface area contributed by atoms with E-state index in [0.29, 0.717) is 13.1 Å². The average molecular weight is 366 g/mol. The normalized spacial score (nSPS) is 17.1. The molecular formula is C18H30N4O4. The highest BCUT2D eigenvalue weighted by Gasteiger charge is 2.28. The highest BCUT2D eigenvalue weighted by molar-refractivity contribution is 5.85. The molecule has 2 amide bonds. The SMILES string of the molecule is Cc1noc(C)c1CN1CCN(C(=O)C(C)NC(=O)OC(C)(C)C)CC1. The van der Waals surface area contributed by atoms with Gasteiger partial charge >= 0.3 is 6.09 Å². The number of ether oxygens (including phenoxy) is 1. The van der Waals surface area contributed by atoms with Crippen LogP contribution in [0.5, 0.6) is 0 Å². The van der Waals surface area contributed by atoms with Crippen molar-refractivity contribution in [2.24, 2.45) is 0 Å². The van der Waals surface area contributed by atoms with Crippen LogP contribution in [0.1, 0.15) is 44.7 Å². The first-order valence-electron chi connectivity index (χ1n) is 8.99. The van der Waals surface area contributed by atoms with Crippen molar-refractivity contribution in [3.05, 3.63) is 17.0 Å². The molecule has 1 aliphatic rings. The average Bonchev–Trinajstić information content (AvgIpc) is 2.85. The van der Waals surface area contributed by atoms with Gasteiger partial charge in [0.2, 0.25) is 5.91 Å². The molecule has 1 N–H and O–H groups in total. The van der Waals surface area contributed by atoms with Crippen molar-refractivity contribution in [1.82, 2.24) is 20.3 Å². The summed E-state index contributed by atoms with van der Waals surface area (Å²) in [5, 5.41) is 6.59. The molecule has 8 nitrogen and oxygen atoms in total. The smallest absolute Gasteiger partial charge is 0.408 e. The predicted octanol–water partition coefficient (Wildman–Crippen LogP) is 1.85. The van der Waals surface area contributed by atoms with Crippen molar-refractivity contribution in [3.63, 3.8) is 0 Å². The minimum atomic E-state index is -0.612. The lowest BCUT2D eigenvalue weighted by Gasteiger charge is -2.36. The van der Waals surface area contributed by atoms with Crippen LogP contribution in [0.4, 0.5) is 4.79 Å². The van der Waals surface area contributed by atoms with Gasteiger partial charge in [-0.25, -0.2) is 4.79 Å². The topological polar surface area (TPSA) is 87.9 Å². The first-order chi connectivity index (χ1) is 12.1. The Hall–Kier alpha value is -2.09. The van der Waals surface area contributed by atoms with E-state index in [1.165, 1.54) is 0 Å². The number of carbonyl (C=O) groups is 2. The van der Waals surface area contributed by atoms with Crippen molar-refractivity contribution in [3.8, 4) is 0 Å². The largest absolute Gasteiger partial charge is 0.444 e. The highest BCUT2D eigenvalue weighted by Crippen LogP contribution is 2.16. The molecule has 1 saturated heterocycles. The summed E-state index contributed by atoms with van der Waals surface area (Å²) in [5.41, 5.74) is 1.44. The zero-order valence-corrected chi connectivity index (χ0v) is 16.6. The maximum absolute atomic E-state index is 12.5. The quantitative estimate of drug-likeness (QED) is 0.875. The van der Waals surface area contributed by atoms with Crippen LogP contribution in [-0.4, -0.2) is 64.8 Å². The van der Waals surface area contributed by atoms with Gasteiger partial charge in [-0.15, -0.1) is 0 Å². The Morgan fingerprint density at radius 3 is 2.35 bits per heavy atom. The lowest BCUT2D eigenvalue weighted by atomic mass is 10.1. The molecule has 1 fully saturated rings. The first kappa shape index (κ1) is 20.2. The van der Waals surface area contributed by atoms with Crippen molar-refractivity contribution >= 4 is 12.0 Å². The molecule has 1 aliphatic heterocycles. The van der Waals surface area contributed by atoms with Gasteiger partial charge in [-0.2, -0.15) is 0 Å². The molecular weight excluding hydrogens is 336 g/mol. The Labute approximate surface area is 154 Å². The Balaban J connectivity index is 1.81. The van der Waals surface area contributed by atoms with Crippen molar-refractivity contribution in [1.29, 1.82) is 0 Å². The summed E-state index contributed by atoms with van der Waals surface area (Å²) in [5.74, 6) is 0.754. The molecule has 1 aromatic heterocycles. The summed E-state index contributed by atoms with van der Waals surface area (Å²) in [7, 11) is 0. The second kappa shape index (κ2) is 8.07. The highest BCUT2D eigenvalue weighted by atomic mass is 16.6. The maximum atomic E-state index is 12.5. The van der Waals surface area contributed by atoms with E-state index in [0.717, 1.165) is 36.7 Å². The van der Waals surface area contributed by atoms with Gasteiger partial charge in [-0.1, -0.05) is 5.16 Å². The summed E-state index contributed by atoms with van der Waals surface area (Å²) in [6.45, 7) is 14.5. The van der Waals surface area contributed by atoms with E-state index in [2.05, 4.69) is 15.4 Å². The molecule has 0 bridgehead atoms. The molecule has 0 spiro atoms. The summed E-state index contributed by atoms with van der Waals surface area (Å²) in [6.07, 6.45) is -0.574. The van der Waals surface area contributed by atoms with Crippen LogP contribution in [-0.2, 0) is 16.1 Å². The van der Waals surface area contributed by atoms with E-state index in [4.69, 9.17) is 9.26 Å². The Morgan fingerprint density at radius 2 is 1.85 bits per heavy atom. The van der Waals surface area contributed by atoms with E-state index in [1.54, 1.807) is 32.6 Å². The molecule has 0 saturated carbocycles. The maximum Gasteiger partial charge on any atom is 0.408 e. The van der Waals surface area contributed by atoms with Crippen LogP contribution < -0.4 is 5.32 Å². The van der Waals surface area contributed by atoms with Gasteiger partial charge in [0, 0.05) is 38.3 Å². The van der Waals surface area contributed by atoms with Gasteiger partial charge in [0.25, 0.3) is 0 Å². The van der Waals surface area contributed by atoms with Crippen LogP contribution in [0, 0.1) is 13.8 Å². The summed E-state index contributed by atoms with van der Waals surface area (Å²) >= 11 is 0. The van der Waals surface area contributed by atoms with Gasteiger partial charge in [0.1, 0.15) is 17.4 Å². The number of hydrogen-bond acceptors (Lipinski definition) is 6. The third-order valence-electron chi connectivity index (χ3n) is 4.35. The molecule has 1 atom stereocenters. The fourth-order valence-corrected chi connectivity index (χ4v) is 2.90. The van der Waals surface area contributed by atoms with Crippen molar-refractivity contribution in [2.45, 2.75) is 59.7 Å². The predicted molar refractivity (Wildman–Crippen MR) is 96.7 cm³/mol. The minimum Gasteiger partial charge on any atom is -0.444 e. The van der Waals surface area contributed by atoms with Crippen LogP contribution in [0.2, 0.25) is 0 Å². The molecule has 1 unspecified atom stereocenters. The third-order valence-corrected chi connectivity index (χ3v) is 4.35. The first-order valence-corrected chi connectivity index (χ1v) is 8.99. The van der Waals surface area contributed by atoms with Gasteiger partial charge in [0.15, 0.2) is 0 Å². The van der Waals surface area contributed by atoms with E-state index in [1.807, 2.05) is 13.8 Å². The Bertz CT molecular complexity index is 623. The fourth-order valence-electron chi connectivity index (χ4n) is 2.90. The number of nitrogens with one attached hydrogen (secondary N) is 1. The molecule has 2 rings (SSSR count). The number of aryl methyl sites for hydroxylation is 2. The number of rotatable bonds is 4. The van der Waals surface area contributed by atoms with Crippen LogP contribution >= 0.6 is 0 Å². The van der Waals surface area contributed by atoms with Crippen molar-refractivity contribution < 1.29 is 18.8 Å². The molecule has 0 aliphatic carbocycles. The summed E-state index contributed by atoms with van der Waals surface area (Å²) < 4.78 is 10.4. The molecule has 2 heterocycles. The summed E-state index contributed by atoms with van der Waals surface area (Å²) in [6, 6.07) is -0.612. The second-order valence-corrected chi connectivity index (χ2v) is 7.77. The Morgan fingerprint density at radius 1 is 1.23 bits per heavy atom. The number of aromatic nitrogens is 1. The summed E-state index contributed by atoms with van der Waals surface area (Å²) in [4.78, 5) is 28.4. The van der Waals surface area contributed by atoms with Crippen LogP contribution in [0.3, 0.4) is 0 Å². The number of piperazine rings is 1. The zero-order chi connectivity index (χ0) is 19.5. The fraction of sp³-hybridized carbons (Fsp3) is 0.722. The van der Waals surface area contributed by atoms with Gasteiger partial charge in [-0.3, -0.25) is 9.69 Å². The van der Waals surface area contributed by atoms with E-state index < -0.39 is 17.7 Å². The monoisotopic (exact) mass is 366 g/mol. The van der Waals surface area contributed by atoms with Gasteiger partial charge in [-0.05, 0) is 41.5 Å². The molecule has 1 aromatic rings. The molecule has 0 radical (unpaired) electrons. The number of amides is 2. The molecule has 26 heavy (non-hydrogen) atoms. The van der Waals surface area contributed by atoms with E-state index in [9.17, 15) is 9.59 Å². The van der Waals surface area contributed by atoms with Crippen LogP contribution in [0.25, 0.3) is 0 Å². The van der Waals surface area contributed by atoms with Crippen LogP contribution in [0.15, 0.2) is 4.52 Å². The van der Waals surface area contributed by atoms with Gasteiger partial charge in [0.05, 0.1) is 5.69 Å². The zero-order valence-electron chi connectivity index (χ0n) is 16.6. The third kappa shape index (κ3) is 5.45. The Kier molecular flexibility index (Phi) is 6.28. The minimum absolute atomic E-state index is 0.0900. The number of alkyl carbamates (subject to hydrolysis) is 1. The van der Waals surface area contributed by atoms with Crippen molar-refractivity contribution in [2.75, 3.05) is 26.2 Å². The molecule has 8 heteroatoms. The lowest BCUT2D eigenvalue weighted by molar-refractivity contribution is -0.134. The number of carbonyl (C=O) groups excluding carboxylic acids is 2. The van der Waals surface area contributed by atoms with E-state index in [-0.39, 0.29) is 5.91 Å². The van der Waals surface area contributed by atoms with E-state index >= 15 is 0 Å². The number of hydrogen-bond donors (Lipinski definition) is 1. The van der Waals surface area contributed by atoms with Gasteiger partial charge < -0.3 is 19.5 Å². The standard InChI is InChI=1S/C18H30N4O4/c1-12-15(14(3)26-20-12)11-21-7-9-22(10-8-21)16(23)13(2)19-17(24)25-18(4,5)6/h13H,7-11H2,1-6H3,(H,19,24).